The van der Waals surface area contributed by atoms with Crippen LogP contribution in [0.2, 0.25) is 5.02 Å². The van der Waals surface area contributed by atoms with Crippen LogP contribution >= 0.6 is 22.9 Å². The molecule has 2 aromatic carbocycles. The number of likely N-dealkylation sites (N-methyl/N-ethyl adjacent to an activating group) is 1. The van der Waals surface area contributed by atoms with Crippen LogP contribution in [0.15, 0.2) is 60.0 Å². The first-order valence-corrected chi connectivity index (χ1v) is 12.0. The molecule has 3 aromatic rings. The van der Waals surface area contributed by atoms with Crippen molar-refractivity contribution in [3.63, 3.8) is 0 Å². The highest BCUT2D eigenvalue weighted by atomic mass is 35.5. The van der Waals surface area contributed by atoms with E-state index >= 15 is 0 Å². The van der Waals surface area contributed by atoms with Crippen molar-refractivity contribution in [2.75, 3.05) is 18.5 Å². The van der Waals surface area contributed by atoms with Crippen molar-refractivity contribution >= 4 is 40.4 Å². The van der Waals surface area contributed by atoms with Gasteiger partial charge in [0.05, 0.1) is 12.0 Å². The normalized spacial score (nSPS) is 18.1. The number of carbonyl (C=O) groups excluding carboxylic acids is 2. The Balaban J connectivity index is 1.88. The standard InChI is InChI=1S/C26H27ClN2O2S/c1-16(2)15-29-24(22-10-7-13-32-22)23(19-8-5-6-9-20(19)25(29)30)26(31)28(4)21-14-18(27)12-11-17(21)3/h5-14,16,23-24H,15H2,1-4H3/t23-,24-/m0/s1. The summed E-state index contributed by atoms with van der Waals surface area (Å²) in [5.41, 5.74) is 3.14. The van der Waals surface area contributed by atoms with Crippen LogP contribution in [-0.4, -0.2) is 30.3 Å². The number of amides is 2. The Hall–Kier alpha value is -2.63. The topological polar surface area (TPSA) is 40.6 Å². The average Bonchev–Trinajstić information content (AvgIpc) is 3.30. The maximum Gasteiger partial charge on any atom is 0.254 e. The third-order valence-electron chi connectivity index (χ3n) is 5.96. The molecule has 4 nitrogen and oxygen atoms in total. The summed E-state index contributed by atoms with van der Waals surface area (Å²) in [7, 11) is 1.79. The molecule has 0 bridgehead atoms. The number of carbonyl (C=O) groups is 2. The number of rotatable bonds is 5. The molecule has 2 heterocycles. The summed E-state index contributed by atoms with van der Waals surface area (Å²) in [6, 6.07) is 16.7. The molecule has 2 atom stereocenters. The third kappa shape index (κ3) is 4.07. The minimum atomic E-state index is -0.510. The Morgan fingerprint density at radius 3 is 2.59 bits per heavy atom. The van der Waals surface area contributed by atoms with Gasteiger partial charge in [-0.05, 0) is 53.6 Å². The zero-order chi connectivity index (χ0) is 23.0. The van der Waals surface area contributed by atoms with E-state index in [1.54, 1.807) is 23.3 Å². The van der Waals surface area contributed by atoms with Crippen LogP contribution in [0.4, 0.5) is 5.69 Å². The molecule has 0 aliphatic carbocycles. The van der Waals surface area contributed by atoms with Crippen LogP contribution in [0.1, 0.15) is 52.2 Å². The lowest BCUT2D eigenvalue weighted by molar-refractivity contribution is -0.121. The van der Waals surface area contributed by atoms with Gasteiger partial charge in [0.2, 0.25) is 5.91 Å². The molecule has 0 unspecified atom stereocenters. The van der Waals surface area contributed by atoms with Crippen molar-refractivity contribution in [1.82, 2.24) is 4.90 Å². The van der Waals surface area contributed by atoms with E-state index in [1.165, 1.54) is 0 Å². The molecular weight excluding hydrogens is 440 g/mol. The van der Waals surface area contributed by atoms with Crippen molar-refractivity contribution < 1.29 is 9.59 Å². The highest BCUT2D eigenvalue weighted by Gasteiger charge is 2.45. The lowest BCUT2D eigenvalue weighted by Crippen LogP contribution is -2.48. The maximum atomic E-state index is 14.1. The van der Waals surface area contributed by atoms with Gasteiger partial charge < -0.3 is 9.80 Å². The van der Waals surface area contributed by atoms with Crippen LogP contribution in [0, 0.1) is 12.8 Å². The number of hydrogen-bond donors (Lipinski definition) is 0. The molecule has 0 N–H and O–H groups in total. The zero-order valence-electron chi connectivity index (χ0n) is 18.7. The van der Waals surface area contributed by atoms with Gasteiger partial charge in [0.1, 0.15) is 0 Å². The van der Waals surface area contributed by atoms with E-state index in [0.29, 0.717) is 17.1 Å². The van der Waals surface area contributed by atoms with Crippen LogP contribution in [0.3, 0.4) is 0 Å². The lowest BCUT2D eigenvalue weighted by Gasteiger charge is -2.43. The number of halogens is 1. The molecule has 0 fully saturated rings. The van der Waals surface area contributed by atoms with Crippen LogP contribution in [-0.2, 0) is 4.79 Å². The van der Waals surface area contributed by atoms with E-state index in [-0.39, 0.29) is 23.8 Å². The Morgan fingerprint density at radius 2 is 1.91 bits per heavy atom. The maximum absolute atomic E-state index is 14.1. The van der Waals surface area contributed by atoms with Gasteiger partial charge in [-0.25, -0.2) is 0 Å². The highest BCUT2D eigenvalue weighted by molar-refractivity contribution is 7.10. The van der Waals surface area contributed by atoms with Crippen molar-refractivity contribution in [3.8, 4) is 0 Å². The predicted octanol–water partition coefficient (Wildman–Crippen LogP) is 6.31. The number of nitrogens with zero attached hydrogens (tertiary/aromatic N) is 2. The SMILES string of the molecule is Cc1ccc(Cl)cc1N(C)C(=O)[C@H]1c2ccccc2C(=O)N(CC(C)C)[C@H]1c1cccs1. The minimum absolute atomic E-state index is 0.0154. The fourth-order valence-electron chi connectivity index (χ4n) is 4.50. The summed E-state index contributed by atoms with van der Waals surface area (Å²) in [5, 5.41) is 2.58. The summed E-state index contributed by atoms with van der Waals surface area (Å²) in [6.07, 6.45) is 0. The molecule has 6 heteroatoms. The molecule has 0 saturated heterocycles. The monoisotopic (exact) mass is 466 g/mol. The van der Waals surface area contributed by atoms with Crippen LogP contribution < -0.4 is 4.90 Å². The van der Waals surface area contributed by atoms with Gasteiger partial charge in [-0.15, -0.1) is 11.3 Å². The zero-order valence-corrected chi connectivity index (χ0v) is 20.3. The summed E-state index contributed by atoms with van der Waals surface area (Å²) >= 11 is 7.84. The summed E-state index contributed by atoms with van der Waals surface area (Å²) in [6.45, 7) is 6.74. The molecule has 1 aliphatic heterocycles. The van der Waals surface area contributed by atoms with Crippen molar-refractivity contribution in [3.05, 3.63) is 86.6 Å². The third-order valence-corrected chi connectivity index (χ3v) is 7.14. The van der Waals surface area contributed by atoms with Crippen LogP contribution in [0.5, 0.6) is 0 Å². The molecule has 0 saturated carbocycles. The van der Waals surface area contributed by atoms with E-state index in [0.717, 1.165) is 21.7 Å². The molecular formula is C26H27ClN2O2S. The first-order chi connectivity index (χ1) is 15.3. The summed E-state index contributed by atoms with van der Waals surface area (Å²) < 4.78 is 0. The quantitative estimate of drug-likeness (QED) is 0.442. The number of hydrogen-bond acceptors (Lipinski definition) is 3. The van der Waals surface area contributed by atoms with Gasteiger partial charge in [-0.3, -0.25) is 9.59 Å². The van der Waals surface area contributed by atoms with E-state index in [9.17, 15) is 9.59 Å². The summed E-state index contributed by atoms with van der Waals surface area (Å²) in [5.74, 6) is -0.305. The number of aryl methyl sites for hydroxylation is 1. The van der Waals surface area contributed by atoms with Crippen molar-refractivity contribution in [1.29, 1.82) is 0 Å². The predicted molar refractivity (Wildman–Crippen MR) is 132 cm³/mol. The average molecular weight is 467 g/mol. The highest BCUT2D eigenvalue weighted by Crippen LogP contribution is 2.45. The molecule has 4 rings (SSSR count). The van der Waals surface area contributed by atoms with Gasteiger partial charge in [-0.1, -0.05) is 55.8 Å². The van der Waals surface area contributed by atoms with Gasteiger partial charge in [0.25, 0.3) is 5.91 Å². The minimum Gasteiger partial charge on any atom is -0.329 e. The smallest absolute Gasteiger partial charge is 0.254 e. The van der Waals surface area contributed by atoms with Crippen molar-refractivity contribution in [2.24, 2.45) is 5.92 Å². The molecule has 166 valence electrons. The lowest BCUT2D eigenvalue weighted by atomic mass is 9.80. The molecule has 32 heavy (non-hydrogen) atoms. The fraction of sp³-hybridized carbons (Fsp3) is 0.308. The van der Waals surface area contributed by atoms with Gasteiger partial charge in [-0.2, -0.15) is 0 Å². The Morgan fingerprint density at radius 1 is 1.16 bits per heavy atom. The van der Waals surface area contributed by atoms with Gasteiger partial charge in [0.15, 0.2) is 0 Å². The fourth-order valence-corrected chi connectivity index (χ4v) is 5.54. The van der Waals surface area contributed by atoms with Crippen LogP contribution in [0.25, 0.3) is 0 Å². The first-order valence-electron chi connectivity index (χ1n) is 10.8. The number of benzene rings is 2. The van der Waals surface area contributed by atoms with E-state index < -0.39 is 5.92 Å². The largest absolute Gasteiger partial charge is 0.329 e. The van der Waals surface area contributed by atoms with Gasteiger partial charge in [0, 0.05) is 34.7 Å². The molecule has 0 radical (unpaired) electrons. The Labute approximate surface area is 198 Å². The Bertz CT molecular complexity index is 1140. The van der Waals surface area contributed by atoms with E-state index in [2.05, 4.69) is 13.8 Å². The molecule has 0 spiro atoms. The van der Waals surface area contributed by atoms with Gasteiger partial charge >= 0.3 is 0 Å². The number of fused-ring (bicyclic) bond motifs is 1. The van der Waals surface area contributed by atoms with E-state index in [4.69, 9.17) is 11.6 Å². The second-order valence-electron chi connectivity index (χ2n) is 8.70. The Kier molecular flexibility index (Phi) is 6.40. The first kappa shape index (κ1) is 22.6. The molecule has 2 amide bonds. The number of thiophene rings is 1. The van der Waals surface area contributed by atoms with E-state index in [1.807, 2.05) is 71.8 Å². The number of anilines is 1. The second kappa shape index (κ2) is 9.08. The molecule has 1 aromatic heterocycles. The molecule has 1 aliphatic rings. The summed E-state index contributed by atoms with van der Waals surface area (Å²) in [4.78, 5) is 32.3. The second-order valence-corrected chi connectivity index (χ2v) is 10.1. The van der Waals surface area contributed by atoms with Crippen molar-refractivity contribution in [2.45, 2.75) is 32.7 Å².